The van der Waals surface area contributed by atoms with Crippen molar-refractivity contribution in [2.75, 3.05) is 14.2 Å². The third-order valence-corrected chi connectivity index (χ3v) is 2.07. The fourth-order valence-corrected chi connectivity index (χ4v) is 1.28. The summed E-state index contributed by atoms with van der Waals surface area (Å²) in [7, 11) is 2.79. The zero-order valence-electron chi connectivity index (χ0n) is 9.30. The lowest BCUT2D eigenvalue weighted by Crippen LogP contribution is -2.36. The Morgan fingerprint density at radius 2 is 1.81 bits per heavy atom. The van der Waals surface area contributed by atoms with Gasteiger partial charge in [0.25, 0.3) is 0 Å². The van der Waals surface area contributed by atoms with E-state index in [0.717, 1.165) is 6.08 Å². The number of ether oxygens (including phenoxy) is 3. The van der Waals surface area contributed by atoms with Gasteiger partial charge in [0.1, 0.15) is 0 Å². The molecule has 0 aliphatic heterocycles. The van der Waals surface area contributed by atoms with Gasteiger partial charge in [-0.2, -0.15) is 0 Å². The minimum atomic E-state index is -1.52. The maximum atomic E-state index is 11.2. The van der Waals surface area contributed by atoms with Crippen molar-refractivity contribution in [2.45, 2.75) is 5.97 Å². The summed E-state index contributed by atoms with van der Waals surface area (Å²) in [5.74, 6) is -2.14. The topological polar surface area (TPSA) is 44.8 Å². The fraction of sp³-hybridized carbons (Fsp3) is 0.250. The molecule has 0 aliphatic carbocycles. The van der Waals surface area contributed by atoms with E-state index in [2.05, 4.69) is 6.58 Å². The predicted molar refractivity (Wildman–Crippen MR) is 58.4 cm³/mol. The summed E-state index contributed by atoms with van der Waals surface area (Å²) in [6, 6.07) is 8.91. The van der Waals surface area contributed by atoms with Gasteiger partial charge in [-0.1, -0.05) is 24.8 Å². The van der Waals surface area contributed by atoms with Crippen LogP contribution >= 0.6 is 0 Å². The molecule has 0 N–H and O–H groups in total. The number of hydrogen-bond donors (Lipinski definition) is 0. The van der Waals surface area contributed by atoms with Crippen molar-refractivity contribution in [2.24, 2.45) is 0 Å². The van der Waals surface area contributed by atoms with Crippen LogP contribution in [0.2, 0.25) is 0 Å². The molecular weight excluding hydrogens is 208 g/mol. The van der Waals surface area contributed by atoms with Crippen LogP contribution in [0.1, 0.15) is 5.56 Å². The number of hydrogen-bond acceptors (Lipinski definition) is 4. The quantitative estimate of drug-likeness (QED) is 0.433. The van der Waals surface area contributed by atoms with Gasteiger partial charge < -0.3 is 14.2 Å². The molecule has 4 nitrogen and oxygen atoms in total. The van der Waals surface area contributed by atoms with Crippen molar-refractivity contribution in [1.82, 2.24) is 0 Å². The minimum absolute atomic E-state index is 0.593. The average Bonchev–Trinajstić information content (AvgIpc) is 2.37. The molecule has 1 aromatic rings. The lowest BCUT2D eigenvalue weighted by molar-refractivity contribution is -0.353. The van der Waals surface area contributed by atoms with Crippen LogP contribution in [0, 0.1) is 0 Å². The number of carbonyl (C=O) groups excluding carboxylic acids is 1. The van der Waals surface area contributed by atoms with Crippen molar-refractivity contribution in [3.05, 3.63) is 48.6 Å². The van der Waals surface area contributed by atoms with Crippen LogP contribution in [-0.4, -0.2) is 20.2 Å². The Labute approximate surface area is 94.4 Å². The summed E-state index contributed by atoms with van der Waals surface area (Å²) in [6.07, 6.45) is 1.05. The van der Waals surface area contributed by atoms with Crippen LogP contribution in [0.15, 0.2) is 43.0 Å². The molecule has 0 atom stereocenters. The first-order chi connectivity index (χ1) is 7.68. The van der Waals surface area contributed by atoms with Crippen LogP contribution in [-0.2, 0) is 25.0 Å². The average molecular weight is 222 g/mol. The first kappa shape index (κ1) is 12.4. The molecule has 1 aromatic carbocycles. The van der Waals surface area contributed by atoms with E-state index in [0.29, 0.717) is 5.56 Å². The highest BCUT2D eigenvalue weighted by Crippen LogP contribution is 2.27. The van der Waals surface area contributed by atoms with Gasteiger partial charge in [0.2, 0.25) is 0 Å². The lowest BCUT2D eigenvalue weighted by atomic mass is 10.2. The van der Waals surface area contributed by atoms with Crippen LogP contribution in [0.4, 0.5) is 0 Å². The Bertz CT molecular complexity index is 355. The molecule has 0 fully saturated rings. The summed E-state index contributed by atoms with van der Waals surface area (Å²) < 4.78 is 15.3. The zero-order valence-corrected chi connectivity index (χ0v) is 9.30. The van der Waals surface area contributed by atoms with Crippen LogP contribution in [0.5, 0.6) is 0 Å². The Balaban J connectivity index is 3.05. The van der Waals surface area contributed by atoms with Crippen LogP contribution in [0.25, 0.3) is 0 Å². The number of carbonyl (C=O) groups is 1. The van der Waals surface area contributed by atoms with Gasteiger partial charge in [-0.05, 0) is 12.1 Å². The monoisotopic (exact) mass is 222 g/mol. The van der Waals surface area contributed by atoms with Gasteiger partial charge in [0.15, 0.2) is 0 Å². The molecule has 1 rings (SSSR count). The lowest BCUT2D eigenvalue weighted by Gasteiger charge is -2.29. The van der Waals surface area contributed by atoms with Crippen molar-refractivity contribution in [1.29, 1.82) is 0 Å². The van der Waals surface area contributed by atoms with E-state index in [1.807, 2.05) is 6.07 Å². The number of benzene rings is 1. The molecule has 0 saturated carbocycles. The summed E-state index contributed by atoms with van der Waals surface area (Å²) in [4.78, 5) is 11.2. The zero-order chi connectivity index (χ0) is 12.0. The highest BCUT2D eigenvalue weighted by atomic mass is 16.9. The second kappa shape index (κ2) is 5.44. The number of methoxy groups -OCH3 is 2. The molecule has 0 saturated heterocycles. The molecule has 0 radical (unpaired) electrons. The first-order valence-corrected chi connectivity index (χ1v) is 4.69. The van der Waals surface area contributed by atoms with E-state index in [1.54, 1.807) is 24.3 Å². The Kier molecular flexibility index (Phi) is 4.22. The number of esters is 1. The molecular formula is C12H14O4. The smallest absolute Gasteiger partial charge is 0.358 e. The highest BCUT2D eigenvalue weighted by molar-refractivity contribution is 5.81. The van der Waals surface area contributed by atoms with Gasteiger partial charge >= 0.3 is 11.9 Å². The molecule has 0 aliphatic rings. The predicted octanol–water partition coefficient (Wildman–Crippen LogP) is 1.82. The first-order valence-electron chi connectivity index (χ1n) is 4.69. The summed E-state index contributed by atoms with van der Waals surface area (Å²) in [5.41, 5.74) is 0.593. The molecule has 16 heavy (non-hydrogen) atoms. The minimum Gasteiger partial charge on any atom is -0.400 e. The molecule has 86 valence electrons. The third-order valence-electron chi connectivity index (χ3n) is 2.07. The van der Waals surface area contributed by atoms with Crippen molar-refractivity contribution in [3.63, 3.8) is 0 Å². The van der Waals surface area contributed by atoms with E-state index < -0.39 is 11.9 Å². The maximum absolute atomic E-state index is 11.2. The summed E-state index contributed by atoms with van der Waals surface area (Å²) in [5, 5.41) is 0. The normalized spacial score (nSPS) is 10.9. The van der Waals surface area contributed by atoms with Gasteiger partial charge in [-0.3, -0.25) is 0 Å². The summed E-state index contributed by atoms with van der Waals surface area (Å²) in [6.45, 7) is 3.32. The molecule has 0 bridgehead atoms. The van der Waals surface area contributed by atoms with Gasteiger partial charge in [-0.15, -0.1) is 0 Å². The van der Waals surface area contributed by atoms with Gasteiger partial charge in [0, 0.05) is 20.3 Å². The van der Waals surface area contributed by atoms with Crippen LogP contribution < -0.4 is 0 Å². The van der Waals surface area contributed by atoms with E-state index in [-0.39, 0.29) is 0 Å². The largest absolute Gasteiger partial charge is 0.400 e. The highest BCUT2D eigenvalue weighted by Gasteiger charge is 2.36. The molecule has 0 unspecified atom stereocenters. The van der Waals surface area contributed by atoms with E-state index in [9.17, 15) is 4.79 Å². The van der Waals surface area contributed by atoms with Gasteiger partial charge in [-0.25, -0.2) is 4.79 Å². The van der Waals surface area contributed by atoms with Crippen molar-refractivity contribution in [3.8, 4) is 0 Å². The van der Waals surface area contributed by atoms with Crippen molar-refractivity contribution >= 4 is 5.97 Å². The Morgan fingerprint density at radius 1 is 1.25 bits per heavy atom. The number of rotatable bonds is 5. The van der Waals surface area contributed by atoms with Gasteiger partial charge in [0.05, 0.1) is 5.56 Å². The molecule has 0 spiro atoms. The van der Waals surface area contributed by atoms with E-state index in [4.69, 9.17) is 14.2 Å². The van der Waals surface area contributed by atoms with Crippen LogP contribution in [0.3, 0.4) is 0 Å². The van der Waals surface area contributed by atoms with E-state index >= 15 is 0 Å². The third kappa shape index (κ3) is 2.48. The standard InChI is InChI=1S/C12H14O4/c1-4-11(13)16-12(14-2,15-3)10-8-6-5-7-9-10/h4-9H,1H2,2-3H3. The molecule has 4 heteroatoms. The van der Waals surface area contributed by atoms with Crippen molar-refractivity contribution < 1.29 is 19.0 Å². The Morgan fingerprint density at radius 3 is 2.25 bits per heavy atom. The Hall–Kier alpha value is -1.65. The molecule has 0 aromatic heterocycles. The molecule has 0 heterocycles. The fourth-order valence-electron chi connectivity index (χ4n) is 1.28. The maximum Gasteiger partial charge on any atom is 0.358 e. The SMILES string of the molecule is C=CC(=O)OC(OC)(OC)c1ccccc1. The second-order valence-electron chi connectivity index (χ2n) is 2.96. The summed E-state index contributed by atoms with van der Waals surface area (Å²) >= 11 is 0. The molecule has 0 amide bonds. The van der Waals surface area contributed by atoms with E-state index in [1.165, 1.54) is 14.2 Å². The second-order valence-corrected chi connectivity index (χ2v) is 2.96.